The number of piperazine rings is 1. The second-order valence-corrected chi connectivity index (χ2v) is 9.95. The third-order valence-electron chi connectivity index (χ3n) is 7.05. The topological polar surface area (TPSA) is 77.6 Å². The van der Waals surface area contributed by atoms with Crippen molar-refractivity contribution in [1.29, 1.82) is 0 Å². The smallest absolute Gasteiger partial charge is 0.253 e. The number of nitrogens with zero attached hydrogens (tertiary/aromatic N) is 3. The van der Waals surface area contributed by atoms with E-state index in [4.69, 9.17) is 0 Å². The van der Waals surface area contributed by atoms with Crippen molar-refractivity contribution in [2.75, 3.05) is 41.7 Å². The van der Waals surface area contributed by atoms with E-state index in [9.17, 15) is 14.0 Å². The molecule has 2 heterocycles. The number of benzene rings is 3. The standard InChI is InChI=1S/C32H32FN5O2/c1-22-19-27(7-12-30(22)33)32(40)38-17-15-37(16-18-38)29-10-3-24(4-11-29)21-35-31-20-26(13-14-34-31)25-5-8-28(9-6-25)36-23(2)39/h3-14,19-20H,15-18,21H2,1-2H3,(H,34,35)(H,36,39). The molecule has 2 N–H and O–H groups in total. The lowest BCUT2D eigenvalue weighted by Crippen LogP contribution is -2.48. The summed E-state index contributed by atoms with van der Waals surface area (Å²) in [6.45, 7) is 6.53. The zero-order valence-corrected chi connectivity index (χ0v) is 22.7. The van der Waals surface area contributed by atoms with Gasteiger partial charge in [-0.15, -0.1) is 0 Å². The Morgan fingerprint density at radius 2 is 1.60 bits per heavy atom. The van der Waals surface area contributed by atoms with E-state index in [0.29, 0.717) is 30.8 Å². The number of aryl methyl sites for hydroxylation is 1. The van der Waals surface area contributed by atoms with Gasteiger partial charge in [0.1, 0.15) is 11.6 Å². The van der Waals surface area contributed by atoms with Crippen molar-refractivity contribution in [2.45, 2.75) is 20.4 Å². The Morgan fingerprint density at radius 1 is 0.875 bits per heavy atom. The normalized spacial score (nSPS) is 13.2. The molecule has 0 saturated carbocycles. The molecule has 0 radical (unpaired) electrons. The van der Waals surface area contributed by atoms with Crippen LogP contribution in [0.5, 0.6) is 0 Å². The van der Waals surface area contributed by atoms with E-state index in [2.05, 4.69) is 44.8 Å². The summed E-state index contributed by atoms with van der Waals surface area (Å²) in [6, 6.07) is 24.6. The van der Waals surface area contributed by atoms with Crippen molar-refractivity contribution in [3.05, 3.63) is 108 Å². The molecule has 1 aliphatic rings. The van der Waals surface area contributed by atoms with E-state index in [0.717, 1.165) is 47.0 Å². The van der Waals surface area contributed by atoms with Gasteiger partial charge < -0.3 is 20.4 Å². The predicted molar refractivity (Wildman–Crippen MR) is 157 cm³/mol. The van der Waals surface area contributed by atoms with E-state index in [-0.39, 0.29) is 17.6 Å². The number of carbonyl (C=O) groups excluding carboxylic acids is 2. The second kappa shape index (κ2) is 12.0. The number of halogens is 1. The highest BCUT2D eigenvalue weighted by molar-refractivity contribution is 5.94. The summed E-state index contributed by atoms with van der Waals surface area (Å²) in [6.07, 6.45) is 1.78. The van der Waals surface area contributed by atoms with Crippen LogP contribution in [0.1, 0.15) is 28.4 Å². The maximum atomic E-state index is 13.6. The van der Waals surface area contributed by atoms with Gasteiger partial charge in [-0.3, -0.25) is 9.59 Å². The predicted octanol–water partition coefficient (Wildman–Crippen LogP) is 5.73. The SMILES string of the molecule is CC(=O)Nc1ccc(-c2ccnc(NCc3ccc(N4CCN(C(=O)c5ccc(F)c(C)c5)CC4)cc3)c2)cc1. The van der Waals surface area contributed by atoms with Crippen molar-refractivity contribution in [3.63, 3.8) is 0 Å². The largest absolute Gasteiger partial charge is 0.368 e. The molecule has 1 aromatic heterocycles. The molecular weight excluding hydrogens is 505 g/mol. The van der Waals surface area contributed by atoms with Gasteiger partial charge in [-0.25, -0.2) is 9.37 Å². The number of nitrogens with one attached hydrogen (secondary N) is 2. The first-order valence-corrected chi connectivity index (χ1v) is 13.3. The Hall–Kier alpha value is -4.72. The fraction of sp³-hybridized carbons (Fsp3) is 0.219. The highest BCUT2D eigenvalue weighted by Gasteiger charge is 2.22. The molecule has 1 aliphatic heterocycles. The minimum absolute atomic E-state index is 0.0520. The molecule has 0 aliphatic carbocycles. The van der Waals surface area contributed by atoms with Crippen LogP contribution in [0.2, 0.25) is 0 Å². The molecule has 8 heteroatoms. The van der Waals surface area contributed by atoms with Crippen LogP contribution in [0.4, 0.5) is 21.6 Å². The monoisotopic (exact) mass is 537 g/mol. The first kappa shape index (κ1) is 26.9. The minimum atomic E-state index is -0.295. The van der Waals surface area contributed by atoms with Gasteiger partial charge in [0, 0.05) is 62.8 Å². The first-order valence-electron chi connectivity index (χ1n) is 13.3. The summed E-state index contributed by atoms with van der Waals surface area (Å²) in [5.74, 6) is 0.341. The van der Waals surface area contributed by atoms with E-state index in [1.54, 1.807) is 25.3 Å². The lowest BCUT2D eigenvalue weighted by molar-refractivity contribution is -0.114. The van der Waals surface area contributed by atoms with E-state index in [1.807, 2.05) is 41.3 Å². The Balaban J connectivity index is 1.14. The summed E-state index contributed by atoms with van der Waals surface area (Å²) < 4.78 is 13.6. The third-order valence-corrected chi connectivity index (χ3v) is 7.05. The average molecular weight is 538 g/mol. The highest BCUT2D eigenvalue weighted by atomic mass is 19.1. The van der Waals surface area contributed by atoms with Crippen molar-refractivity contribution < 1.29 is 14.0 Å². The van der Waals surface area contributed by atoms with Crippen LogP contribution in [0.25, 0.3) is 11.1 Å². The molecule has 0 unspecified atom stereocenters. The molecule has 0 atom stereocenters. The molecular formula is C32H32FN5O2. The van der Waals surface area contributed by atoms with E-state index >= 15 is 0 Å². The molecule has 204 valence electrons. The lowest BCUT2D eigenvalue weighted by atomic mass is 10.1. The van der Waals surface area contributed by atoms with Crippen molar-refractivity contribution >= 4 is 29.0 Å². The molecule has 7 nitrogen and oxygen atoms in total. The fourth-order valence-electron chi connectivity index (χ4n) is 4.80. The number of rotatable bonds is 7. The van der Waals surface area contributed by atoms with Gasteiger partial charge in [0.05, 0.1) is 0 Å². The van der Waals surface area contributed by atoms with Crippen LogP contribution in [-0.4, -0.2) is 47.9 Å². The van der Waals surface area contributed by atoms with Crippen LogP contribution in [0, 0.1) is 12.7 Å². The summed E-state index contributed by atoms with van der Waals surface area (Å²) in [5.41, 5.74) is 6.11. The number of hydrogen-bond donors (Lipinski definition) is 2. The number of hydrogen-bond acceptors (Lipinski definition) is 5. The van der Waals surface area contributed by atoms with Gasteiger partial charge in [0.15, 0.2) is 0 Å². The second-order valence-electron chi connectivity index (χ2n) is 9.95. The van der Waals surface area contributed by atoms with Crippen LogP contribution in [-0.2, 0) is 11.3 Å². The minimum Gasteiger partial charge on any atom is -0.368 e. The third kappa shape index (κ3) is 6.46. The Labute approximate surface area is 233 Å². The van der Waals surface area contributed by atoms with Gasteiger partial charge in [0.25, 0.3) is 5.91 Å². The average Bonchev–Trinajstić information content (AvgIpc) is 2.98. The Morgan fingerprint density at radius 3 is 2.27 bits per heavy atom. The molecule has 0 spiro atoms. The zero-order chi connectivity index (χ0) is 28.1. The lowest BCUT2D eigenvalue weighted by Gasteiger charge is -2.36. The van der Waals surface area contributed by atoms with E-state index < -0.39 is 0 Å². The van der Waals surface area contributed by atoms with Crippen LogP contribution >= 0.6 is 0 Å². The van der Waals surface area contributed by atoms with Gasteiger partial charge in [-0.05, 0) is 83.8 Å². The Kier molecular flexibility index (Phi) is 8.05. The van der Waals surface area contributed by atoms with Crippen LogP contribution < -0.4 is 15.5 Å². The zero-order valence-electron chi connectivity index (χ0n) is 22.7. The first-order chi connectivity index (χ1) is 19.4. The van der Waals surface area contributed by atoms with E-state index in [1.165, 1.54) is 13.0 Å². The molecule has 4 aromatic rings. The molecule has 5 rings (SSSR count). The summed E-state index contributed by atoms with van der Waals surface area (Å²) >= 11 is 0. The number of amides is 2. The summed E-state index contributed by atoms with van der Waals surface area (Å²) in [5, 5.41) is 6.18. The quantitative estimate of drug-likeness (QED) is 0.315. The molecule has 1 saturated heterocycles. The summed E-state index contributed by atoms with van der Waals surface area (Å²) in [7, 11) is 0. The number of carbonyl (C=O) groups is 2. The van der Waals surface area contributed by atoms with Crippen LogP contribution in [0.3, 0.4) is 0 Å². The molecule has 40 heavy (non-hydrogen) atoms. The van der Waals surface area contributed by atoms with Gasteiger partial charge >= 0.3 is 0 Å². The Bertz CT molecular complexity index is 1500. The molecule has 2 amide bonds. The summed E-state index contributed by atoms with van der Waals surface area (Å²) in [4.78, 5) is 32.7. The maximum Gasteiger partial charge on any atom is 0.253 e. The molecule has 0 bridgehead atoms. The number of pyridine rings is 1. The van der Waals surface area contributed by atoms with Gasteiger partial charge in [-0.2, -0.15) is 0 Å². The highest BCUT2D eigenvalue weighted by Crippen LogP contribution is 2.24. The van der Waals surface area contributed by atoms with Gasteiger partial charge in [0.2, 0.25) is 5.91 Å². The maximum absolute atomic E-state index is 13.6. The number of anilines is 3. The van der Waals surface area contributed by atoms with Crippen molar-refractivity contribution in [1.82, 2.24) is 9.88 Å². The van der Waals surface area contributed by atoms with Crippen molar-refractivity contribution in [2.24, 2.45) is 0 Å². The number of aromatic nitrogens is 1. The molecule has 1 fully saturated rings. The van der Waals surface area contributed by atoms with Crippen LogP contribution in [0.15, 0.2) is 85.1 Å². The molecule has 3 aromatic carbocycles. The van der Waals surface area contributed by atoms with Crippen molar-refractivity contribution in [3.8, 4) is 11.1 Å². The fourth-order valence-corrected chi connectivity index (χ4v) is 4.80. The van der Waals surface area contributed by atoms with Gasteiger partial charge in [-0.1, -0.05) is 24.3 Å².